The van der Waals surface area contributed by atoms with Gasteiger partial charge in [-0.1, -0.05) is 35.3 Å². The van der Waals surface area contributed by atoms with Gasteiger partial charge in [-0.15, -0.1) is 0 Å². The number of nitrogens with zero attached hydrogens (tertiary/aromatic N) is 4. The Morgan fingerprint density at radius 2 is 2.03 bits per heavy atom. The van der Waals surface area contributed by atoms with Crippen LogP contribution in [0.4, 0.5) is 4.39 Å². The van der Waals surface area contributed by atoms with Crippen LogP contribution in [0.2, 0.25) is 10.2 Å². The Kier molecular flexibility index (Phi) is 5.60. The quantitative estimate of drug-likeness (QED) is 0.459. The number of likely N-dealkylation sites (tertiary alicyclic amines) is 1. The molecule has 0 radical (unpaired) electrons. The van der Waals surface area contributed by atoms with E-state index < -0.39 is 11.7 Å². The van der Waals surface area contributed by atoms with E-state index in [1.54, 1.807) is 27.6 Å². The highest BCUT2D eigenvalue weighted by Gasteiger charge is 2.33. The Hall–Kier alpha value is -3.67. The lowest BCUT2D eigenvalue weighted by Gasteiger charge is -2.39. The lowest BCUT2D eigenvalue weighted by atomic mass is 9.91. The van der Waals surface area contributed by atoms with E-state index in [4.69, 9.17) is 28.5 Å². The molecule has 0 unspecified atom stereocenters. The number of carbonyl (C=O) groups excluding carboxylic acids is 1. The summed E-state index contributed by atoms with van der Waals surface area (Å²) in [6, 6.07) is 11.3. The van der Waals surface area contributed by atoms with Crippen LogP contribution in [0.3, 0.4) is 0 Å². The van der Waals surface area contributed by atoms with Crippen molar-refractivity contribution in [3.63, 3.8) is 0 Å². The zero-order chi connectivity index (χ0) is 24.0. The number of H-pyrrole nitrogens is 1. The van der Waals surface area contributed by atoms with Gasteiger partial charge in [0.15, 0.2) is 0 Å². The molecular formula is C24H16Cl2FN5O2. The summed E-state index contributed by atoms with van der Waals surface area (Å²) in [6.07, 6.45) is 3.45. The predicted molar refractivity (Wildman–Crippen MR) is 125 cm³/mol. The predicted octanol–water partition coefficient (Wildman–Crippen LogP) is 4.17. The summed E-state index contributed by atoms with van der Waals surface area (Å²) in [5.74, 6) is -0.915. The van der Waals surface area contributed by atoms with Crippen LogP contribution in [0, 0.1) is 17.1 Å². The normalized spacial score (nSPS) is 13.6. The molecule has 1 saturated heterocycles. The number of aromatic nitrogens is 3. The van der Waals surface area contributed by atoms with Gasteiger partial charge in [0.25, 0.3) is 11.5 Å². The van der Waals surface area contributed by atoms with Crippen LogP contribution in [0.25, 0.3) is 5.52 Å². The summed E-state index contributed by atoms with van der Waals surface area (Å²) in [4.78, 5) is 33.4. The van der Waals surface area contributed by atoms with E-state index in [2.05, 4.69) is 9.97 Å². The molecule has 5 rings (SSSR count). The second-order valence-electron chi connectivity index (χ2n) is 8.10. The number of hydrogen-bond acceptors (Lipinski definition) is 4. The van der Waals surface area contributed by atoms with Gasteiger partial charge in [0.05, 0.1) is 10.6 Å². The highest BCUT2D eigenvalue weighted by molar-refractivity contribution is 6.42. The maximum absolute atomic E-state index is 14.6. The van der Waals surface area contributed by atoms with Gasteiger partial charge < -0.3 is 9.88 Å². The van der Waals surface area contributed by atoms with Gasteiger partial charge >= 0.3 is 0 Å². The van der Waals surface area contributed by atoms with E-state index in [0.717, 1.165) is 5.56 Å². The average Bonchev–Trinajstić information content (AvgIpc) is 3.11. The fraction of sp³-hybridized carbons (Fsp3) is 0.167. The number of carbonyl (C=O) groups is 1. The molecule has 1 N–H and O–H groups in total. The fourth-order valence-electron chi connectivity index (χ4n) is 4.12. The van der Waals surface area contributed by atoms with E-state index in [0.29, 0.717) is 35.6 Å². The Morgan fingerprint density at radius 3 is 2.74 bits per heavy atom. The SMILES string of the molecule is N#Cc1ccc(C2CN(C(=O)c3cc(Cc4c[nH]c(=O)c5cc(Cl)c(Cl)n45)ccc3F)C2)cn1. The van der Waals surface area contributed by atoms with Crippen molar-refractivity contribution in [2.24, 2.45) is 0 Å². The molecular weight excluding hydrogens is 480 g/mol. The Bertz CT molecular complexity index is 1530. The highest BCUT2D eigenvalue weighted by atomic mass is 35.5. The first kappa shape index (κ1) is 22.1. The lowest BCUT2D eigenvalue weighted by Crippen LogP contribution is -2.48. The number of pyridine rings is 1. The molecule has 7 nitrogen and oxygen atoms in total. The molecule has 34 heavy (non-hydrogen) atoms. The van der Waals surface area contributed by atoms with E-state index in [1.165, 1.54) is 24.4 Å². The first-order chi connectivity index (χ1) is 16.4. The van der Waals surface area contributed by atoms with Crippen molar-refractivity contribution < 1.29 is 9.18 Å². The van der Waals surface area contributed by atoms with Crippen molar-refractivity contribution in [1.82, 2.24) is 19.3 Å². The van der Waals surface area contributed by atoms with Crippen LogP contribution < -0.4 is 5.56 Å². The number of nitriles is 1. The minimum Gasteiger partial charge on any atom is -0.337 e. The number of amides is 1. The van der Waals surface area contributed by atoms with E-state index >= 15 is 0 Å². The fourth-order valence-corrected chi connectivity index (χ4v) is 4.56. The molecule has 4 aromatic rings. The first-order valence-corrected chi connectivity index (χ1v) is 11.1. The molecule has 1 aromatic carbocycles. The van der Waals surface area contributed by atoms with Crippen LogP contribution in [0.15, 0.2) is 53.6 Å². The van der Waals surface area contributed by atoms with Crippen LogP contribution in [-0.4, -0.2) is 38.3 Å². The topological polar surface area (TPSA) is 94.3 Å². The molecule has 0 bridgehead atoms. The highest BCUT2D eigenvalue weighted by Crippen LogP contribution is 2.30. The minimum atomic E-state index is -0.606. The van der Waals surface area contributed by atoms with Crippen molar-refractivity contribution in [1.29, 1.82) is 5.26 Å². The third-order valence-electron chi connectivity index (χ3n) is 5.97. The number of benzene rings is 1. The van der Waals surface area contributed by atoms with E-state index in [9.17, 15) is 14.0 Å². The number of rotatable bonds is 4. The molecule has 1 fully saturated rings. The molecule has 170 valence electrons. The smallest absolute Gasteiger partial charge is 0.272 e. The Morgan fingerprint density at radius 1 is 1.24 bits per heavy atom. The van der Waals surface area contributed by atoms with E-state index in [-0.39, 0.29) is 33.6 Å². The molecule has 4 heterocycles. The maximum atomic E-state index is 14.6. The molecule has 10 heteroatoms. The summed E-state index contributed by atoms with van der Waals surface area (Å²) < 4.78 is 16.1. The molecule has 0 atom stereocenters. The molecule has 3 aromatic heterocycles. The van der Waals surface area contributed by atoms with Gasteiger partial charge in [-0.2, -0.15) is 5.26 Å². The monoisotopic (exact) mass is 495 g/mol. The van der Waals surface area contributed by atoms with E-state index in [1.807, 2.05) is 12.1 Å². The summed E-state index contributed by atoms with van der Waals surface area (Å²) in [7, 11) is 0. The van der Waals surface area contributed by atoms with Gasteiger partial charge in [0.1, 0.15) is 28.3 Å². The molecule has 0 aliphatic carbocycles. The van der Waals surface area contributed by atoms with Gasteiger partial charge in [-0.05, 0) is 35.4 Å². The third-order valence-corrected chi connectivity index (χ3v) is 6.73. The van der Waals surface area contributed by atoms with Gasteiger partial charge in [-0.25, -0.2) is 9.37 Å². The summed E-state index contributed by atoms with van der Waals surface area (Å²) in [5.41, 5.74) is 2.51. The lowest BCUT2D eigenvalue weighted by molar-refractivity contribution is 0.0597. The van der Waals surface area contributed by atoms with Gasteiger partial charge in [0.2, 0.25) is 0 Å². The van der Waals surface area contributed by atoms with Gasteiger partial charge in [-0.3, -0.25) is 14.0 Å². The number of nitrogens with one attached hydrogen (secondary N) is 1. The molecule has 0 spiro atoms. The molecule has 1 amide bonds. The van der Waals surface area contributed by atoms with Crippen molar-refractivity contribution in [2.45, 2.75) is 12.3 Å². The summed E-state index contributed by atoms with van der Waals surface area (Å²) in [5, 5.41) is 9.33. The summed E-state index contributed by atoms with van der Waals surface area (Å²) >= 11 is 12.4. The second kappa shape index (κ2) is 8.60. The van der Waals surface area contributed by atoms with Crippen molar-refractivity contribution in [3.8, 4) is 6.07 Å². The molecule has 0 saturated carbocycles. The third kappa shape index (κ3) is 3.83. The second-order valence-corrected chi connectivity index (χ2v) is 8.86. The zero-order valence-corrected chi connectivity index (χ0v) is 19.1. The van der Waals surface area contributed by atoms with Crippen molar-refractivity contribution in [2.75, 3.05) is 13.1 Å². The van der Waals surface area contributed by atoms with Crippen LogP contribution in [-0.2, 0) is 6.42 Å². The Balaban J connectivity index is 1.36. The largest absolute Gasteiger partial charge is 0.337 e. The average molecular weight is 496 g/mol. The van der Waals surface area contributed by atoms with Gasteiger partial charge in [0, 0.05) is 43.5 Å². The molecule has 1 aliphatic heterocycles. The maximum Gasteiger partial charge on any atom is 0.272 e. The van der Waals surface area contributed by atoms with Crippen LogP contribution in [0.5, 0.6) is 0 Å². The van der Waals surface area contributed by atoms with Crippen molar-refractivity contribution in [3.05, 3.63) is 103 Å². The van der Waals surface area contributed by atoms with Crippen molar-refractivity contribution >= 4 is 34.6 Å². The standard InChI is InChI=1S/C24H16Cl2FN5O2/c25-19-7-21-23(33)30-10-17(32(21)22(19)26)5-13-1-4-20(27)18(6-13)24(34)31-11-15(12-31)14-2-3-16(8-28)29-9-14/h1-4,6-7,9-10,15H,5,11-12H2,(H,30,33). The number of hydrogen-bond donors (Lipinski definition) is 1. The number of fused-ring (bicyclic) bond motifs is 1. The van der Waals surface area contributed by atoms with Crippen LogP contribution >= 0.6 is 23.2 Å². The number of aromatic amines is 1. The first-order valence-electron chi connectivity index (χ1n) is 10.4. The molecule has 1 aliphatic rings. The zero-order valence-electron chi connectivity index (χ0n) is 17.6. The Labute approximate surface area is 203 Å². The minimum absolute atomic E-state index is 0.0220. The summed E-state index contributed by atoms with van der Waals surface area (Å²) in [6.45, 7) is 0.877. The van der Waals surface area contributed by atoms with Crippen LogP contribution in [0.1, 0.15) is 38.8 Å². The number of halogens is 3.